The third-order valence-corrected chi connectivity index (χ3v) is 5.99. The predicted octanol–water partition coefficient (Wildman–Crippen LogP) is 6.92. The van der Waals surface area contributed by atoms with Gasteiger partial charge < -0.3 is 20.3 Å². The van der Waals surface area contributed by atoms with Gasteiger partial charge in [-0.1, -0.05) is 57.8 Å². The molecular weight excluding hydrogens is 406 g/mol. The van der Waals surface area contributed by atoms with E-state index < -0.39 is 0 Å². The number of nitrogens with one attached hydrogen (secondary N) is 2. The highest BCUT2D eigenvalue weighted by atomic mass is 16.1. The number of hydrogen-bond acceptors (Lipinski definition) is 4. The van der Waals surface area contributed by atoms with Crippen LogP contribution in [0.5, 0.6) is 0 Å². The summed E-state index contributed by atoms with van der Waals surface area (Å²) >= 11 is 0. The third kappa shape index (κ3) is 17.3. The SMILES string of the molecule is C=CCCCCCCCN(CCCCCCCC=O)CCCN/C(C(=C)C)=C(\NC)C(=C)C. The van der Waals surface area contributed by atoms with Crippen molar-refractivity contribution in [2.45, 2.75) is 97.3 Å². The summed E-state index contributed by atoms with van der Waals surface area (Å²) in [5.41, 5.74) is 4.17. The van der Waals surface area contributed by atoms with Crippen molar-refractivity contribution in [1.29, 1.82) is 0 Å². The molecule has 0 unspecified atom stereocenters. The largest absolute Gasteiger partial charge is 0.386 e. The minimum Gasteiger partial charge on any atom is -0.386 e. The molecule has 33 heavy (non-hydrogen) atoms. The number of allylic oxidation sites excluding steroid dienone is 3. The lowest BCUT2D eigenvalue weighted by atomic mass is 10.1. The van der Waals surface area contributed by atoms with Crippen molar-refractivity contribution < 1.29 is 4.79 Å². The Kier molecular flexibility index (Phi) is 20.8. The molecule has 0 heterocycles. The molecule has 0 aliphatic heterocycles. The summed E-state index contributed by atoms with van der Waals surface area (Å²) in [7, 11) is 1.94. The number of likely N-dealkylation sites (N-methyl/N-ethyl adjacent to an activating group) is 1. The average Bonchev–Trinajstić information content (AvgIpc) is 2.78. The molecule has 0 aliphatic carbocycles. The monoisotopic (exact) mass is 459 g/mol. The molecule has 0 radical (unpaired) electrons. The average molecular weight is 460 g/mol. The van der Waals surface area contributed by atoms with Crippen molar-refractivity contribution in [3.8, 4) is 0 Å². The zero-order valence-corrected chi connectivity index (χ0v) is 22.2. The van der Waals surface area contributed by atoms with Crippen LogP contribution in [0.2, 0.25) is 0 Å². The zero-order valence-electron chi connectivity index (χ0n) is 22.2. The highest BCUT2D eigenvalue weighted by molar-refractivity contribution is 5.48. The van der Waals surface area contributed by atoms with Crippen LogP contribution in [0.4, 0.5) is 0 Å². The van der Waals surface area contributed by atoms with Crippen LogP contribution in [0.3, 0.4) is 0 Å². The van der Waals surface area contributed by atoms with E-state index in [9.17, 15) is 4.79 Å². The predicted molar refractivity (Wildman–Crippen MR) is 146 cm³/mol. The number of nitrogens with zero attached hydrogens (tertiary/aromatic N) is 1. The van der Waals surface area contributed by atoms with Gasteiger partial charge in [-0.2, -0.15) is 0 Å². The van der Waals surface area contributed by atoms with Gasteiger partial charge in [0.1, 0.15) is 6.29 Å². The topological polar surface area (TPSA) is 44.4 Å². The van der Waals surface area contributed by atoms with E-state index in [1.807, 2.05) is 27.0 Å². The summed E-state index contributed by atoms with van der Waals surface area (Å²) in [6, 6.07) is 0. The molecule has 0 spiro atoms. The van der Waals surface area contributed by atoms with Gasteiger partial charge in [0.25, 0.3) is 0 Å². The lowest BCUT2D eigenvalue weighted by molar-refractivity contribution is -0.107. The quantitative estimate of drug-likeness (QED) is 0.0712. The van der Waals surface area contributed by atoms with E-state index in [1.54, 1.807) is 0 Å². The highest BCUT2D eigenvalue weighted by Gasteiger charge is 2.09. The molecule has 4 heteroatoms. The van der Waals surface area contributed by atoms with E-state index >= 15 is 0 Å². The van der Waals surface area contributed by atoms with Gasteiger partial charge in [0.05, 0.1) is 11.4 Å². The molecule has 0 rings (SSSR count). The molecule has 0 amide bonds. The van der Waals surface area contributed by atoms with Gasteiger partial charge in [-0.15, -0.1) is 6.58 Å². The standard InChI is InChI=1S/C29H53N3O/c1-7-8-9-10-11-14-17-22-32(23-18-15-12-13-16-19-25-33)24-20-21-31-29(27(4)5)28(30-6)26(2)3/h7,25,30-31H,1-2,4,8-24H2,3,5-6H3/b29-28-. The van der Waals surface area contributed by atoms with Gasteiger partial charge in [0.15, 0.2) is 0 Å². The molecule has 4 nitrogen and oxygen atoms in total. The van der Waals surface area contributed by atoms with Gasteiger partial charge in [-0.25, -0.2) is 0 Å². The van der Waals surface area contributed by atoms with Crippen molar-refractivity contribution in [3.63, 3.8) is 0 Å². The molecule has 0 aromatic carbocycles. The van der Waals surface area contributed by atoms with Crippen LogP contribution in [0.25, 0.3) is 0 Å². The Morgan fingerprint density at radius 3 is 1.70 bits per heavy atom. The van der Waals surface area contributed by atoms with Crippen LogP contribution in [0, 0.1) is 0 Å². The van der Waals surface area contributed by atoms with Gasteiger partial charge in [0, 0.05) is 20.0 Å². The Bertz CT molecular complexity index is 557. The maximum Gasteiger partial charge on any atom is 0.119 e. The fourth-order valence-corrected chi connectivity index (χ4v) is 4.10. The summed E-state index contributed by atoms with van der Waals surface area (Å²) in [5, 5.41) is 6.85. The number of hydrogen-bond donors (Lipinski definition) is 2. The maximum absolute atomic E-state index is 10.4. The Balaban J connectivity index is 4.48. The molecule has 0 bridgehead atoms. The zero-order chi connectivity index (χ0) is 24.7. The first-order chi connectivity index (χ1) is 16.0. The number of rotatable bonds is 24. The second-order valence-electron chi connectivity index (χ2n) is 9.25. The van der Waals surface area contributed by atoms with E-state index in [1.165, 1.54) is 70.9 Å². The Labute approximate surface area is 205 Å². The van der Waals surface area contributed by atoms with Crippen LogP contribution >= 0.6 is 0 Å². The summed E-state index contributed by atoms with van der Waals surface area (Å²) in [6.07, 6.45) is 18.6. The van der Waals surface area contributed by atoms with Gasteiger partial charge in [-0.3, -0.25) is 0 Å². The molecular formula is C29H53N3O. The van der Waals surface area contributed by atoms with Crippen molar-refractivity contribution in [1.82, 2.24) is 15.5 Å². The lowest BCUT2D eigenvalue weighted by Crippen LogP contribution is -2.30. The first-order valence-electron chi connectivity index (χ1n) is 13.2. The second-order valence-corrected chi connectivity index (χ2v) is 9.25. The normalized spacial score (nSPS) is 11.8. The number of carbonyl (C=O) groups is 1. The molecule has 190 valence electrons. The summed E-state index contributed by atoms with van der Waals surface area (Å²) in [4.78, 5) is 13.1. The second kappa shape index (κ2) is 22.0. The number of unbranched alkanes of at least 4 members (excludes halogenated alkanes) is 10. The molecule has 0 saturated heterocycles. The number of carbonyl (C=O) groups excluding carboxylic acids is 1. The van der Waals surface area contributed by atoms with Crippen molar-refractivity contribution in [3.05, 3.63) is 48.4 Å². The van der Waals surface area contributed by atoms with Crippen molar-refractivity contribution in [2.75, 3.05) is 33.2 Å². The summed E-state index contributed by atoms with van der Waals surface area (Å²) in [6.45, 7) is 20.5. The highest BCUT2D eigenvalue weighted by Crippen LogP contribution is 2.14. The molecule has 0 aromatic rings. The van der Waals surface area contributed by atoms with Crippen LogP contribution in [-0.4, -0.2) is 44.4 Å². The molecule has 0 fully saturated rings. The van der Waals surface area contributed by atoms with E-state index in [0.29, 0.717) is 6.42 Å². The van der Waals surface area contributed by atoms with Gasteiger partial charge in [0.2, 0.25) is 0 Å². The molecule has 0 aromatic heterocycles. The molecule has 2 N–H and O–H groups in total. The molecule has 0 atom stereocenters. The number of aldehydes is 1. The summed E-state index contributed by atoms with van der Waals surface area (Å²) in [5.74, 6) is 0. The summed E-state index contributed by atoms with van der Waals surface area (Å²) < 4.78 is 0. The Morgan fingerprint density at radius 2 is 1.21 bits per heavy atom. The van der Waals surface area contributed by atoms with E-state index in [0.717, 1.165) is 61.2 Å². The van der Waals surface area contributed by atoms with Gasteiger partial charge >= 0.3 is 0 Å². The van der Waals surface area contributed by atoms with E-state index in [2.05, 4.69) is 35.3 Å². The third-order valence-electron chi connectivity index (χ3n) is 5.99. The first kappa shape index (κ1) is 31.2. The molecule has 0 aliphatic rings. The minimum absolute atomic E-state index is 0.715. The van der Waals surface area contributed by atoms with Crippen LogP contribution < -0.4 is 10.6 Å². The van der Waals surface area contributed by atoms with Crippen LogP contribution in [-0.2, 0) is 4.79 Å². The maximum atomic E-state index is 10.4. The Hall–Kier alpha value is -1.81. The Morgan fingerprint density at radius 1 is 0.727 bits per heavy atom. The van der Waals surface area contributed by atoms with E-state index in [-0.39, 0.29) is 0 Å². The smallest absolute Gasteiger partial charge is 0.119 e. The fourth-order valence-electron chi connectivity index (χ4n) is 4.10. The van der Waals surface area contributed by atoms with Crippen LogP contribution in [0.15, 0.2) is 48.4 Å². The fraction of sp³-hybridized carbons (Fsp3) is 0.690. The first-order valence-corrected chi connectivity index (χ1v) is 13.2. The van der Waals surface area contributed by atoms with Crippen molar-refractivity contribution in [2.24, 2.45) is 0 Å². The van der Waals surface area contributed by atoms with Crippen LogP contribution in [0.1, 0.15) is 97.3 Å². The lowest BCUT2D eigenvalue weighted by Gasteiger charge is -2.23. The van der Waals surface area contributed by atoms with Gasteiger partial charge in [-0.05, 0) is 83.2 Å². The minimum atomic E-state index is 0.715. The van der Waals surface area contributed by atoms with Crippen molar-refractivity contribution >= 4 is 6.29 Å². The van der Waals surface area contributed by atoms with E-state index in [4.69, 9.17) is 0 Å². The molecule has 0 saturated carbocycles.